The van der Waals surface area contributed by atoms with E-state index in [1.807, 2.05) is 18.2 Å². The minimum atomic E-state index is -0.303. The first kappa shape index (κ1) is 22.3. The Morgan fingerprint density at radius 2 is 1.45 bits per heavy atom. The van der Waals surface area contributed by atoms with Crippen LogP contribution in [0.4, 0.5) is 5.69 Å². The number of aryl methyl sites for hydroxylation is 2. The van der Waals surface area contributed by atoms with E-state index in [0.717, 1.165) is 29.7 Å². The smallest absolute Gasteiger partial charge is 0.258 e. The van der Waals surface area contributed by atoms with Crippen molar-refractivity contribution in [1.82, 2.24) is 5.32 Å². The molecule has 0 bridgehead atoms. The van der Waals surface area contributed by atoms with Crippen molar-refractivity contribution in [2.75, 3.05) is 32.2 Å². The first-order valence-corrected chi connectivity index (χ1v) is 9.86. The molecule has 0 saturated heterocycles. The molecule has 2 rings (SSSR count). The summed E-state index contributed by atoms with van der Waals surface area (Å²) in [5.74, 6) is 0.525. The summed E-state index contributed by atoms with van der Waals surface area (Å²) in [5, 5.41) is 2.89. The summed E-state index contributed by atoms with van der Waals surface area (Å²) < 4.78 is 10.6. The maximum absolute atomic E-state index is 12.8. The highest BCUT2D eigenvalue weighted by molar-refractivity contribution is 6.00. The van der Waals surface area contributed by atoms with Gasteiger partial charge in [-0.2, -0.15) is 0 Å². The van der Waals surface area contributed by atoms with Gasteiger partial charge in [-0.1, -0.05) is 38.1 Å². The molecule has 0 aliphatic carbocycles. The fraction of sp³-hybridized carbons (Fsp3) is 0.391. The molecule has 0 aromatic heterocycles. The number of carbonyl (C=O) groups is 2. The lowest BCUT2D eigenvalue weighted by molar-refractivity contribution is -0.116. The Hall–Kier alpha value is -3.02. The fourth-order valence-electron chi connectivity index (χ4n) is 3.43. The number of rotatable bonds is 9. The van der Waals surface area contributed by atoms with Crippen LogP contribution in [-0.4, -0.2) is 39.1 Å². The minimum Gasteiger partial charge on any atom is -0.496 e. The Morgan fingerprint density at radius 1 is 0.931 bits per heavy atom. The summed E-state index contributed by atoms with van der Waals surface area (Å²) in [4.78, 5) is 26.9. The number of anilines is 1. The molecule has 0 fully saturated rings. The monoisotopic (exact) mass is 398 g/mol. The van der Waals surface area contributed by atoms with Gasteiger partial charge in [0.1, 0.15) is 17.1 Å². The second-order valence-corrected chi connectivity index (χ2v) is 6.60. The molecule has 156 valence electrons. The number of amides is 2. The molecule has 0 spiro atoms. The van der Waals surface area contributed by atoms with Crippen molar-refractivity contribution in [3.63, 3.8) is 0 Å². The minimum absolute atomic E-state index is 0.0512. The van der Waals surface area contributed by atoms with Crippen LogP contribution in [0.5, 0.6) is 11.5 Å². The summed E-state index contributed by atoms with van der Waals surface area (Å²) in [6, 6.07) is 11.3. The molecule has 1 N–H and O–H groups in total. The topological polar surface area (TPSA) is 67.9 Å². The van der Waals surface area contributed by atoms with Gasteiger partial charge in [0, 0.05) is 20.0 Å². The summed E-state index contributed by atoms with van der Waals surface area (Å²) in [6.07, 6.45) is 1.66. The zero-order valence-electron chi connectivity index (χ0n) is 17.9. The van der Waals surface area contributed by atoms with Gasteiger partial charge in [0.15, 0.2) is 0 Å². The highest BCUT2D eigenvalue weighted by atomic mass is 16.5. The van der Waals surface area contributed by atoms with Gasteiger partial charge in [-0.25, -0.2) is 0 Å². The lowest BCUT2D eigenvalue weighted by Crippen LogP contribution is -2.38. The predicted molar refractivity (Wildman–Crippen MR) is 115 cm³/mol. The molecule has 0 atom stereocenters. The summed E-state index contributed by atoms with van der Waals surface area (Å²) >= 11 is 0. The SMILES string of the molecule is CCc1cccc(CC)c1N(CCNC(=O)c1c(OC)cccc1OC)C(C)=O. The van der Waals surface area contributed by atoms with Gasteiger partial charge in [-0.3, -0.25) is 9.59 Å². The number of hydrogen-bond acceptors (Lipinski definition) is 4. The van der Waals surface area contributed by atoms with E-state index in [1.165, 1.54) is 14.2 Å². The summed E-state index contributed by atoms with van der Waals surface area (Å²) in [7, 11) is 3.02. The van der Waals surface area contributed by atoms with E-state index in [9.17, 15) is 9.59 Å². The second-order valence-electron chi connectivity index (χ2n) is 6.60. The van der Waals surface area contributed by atoms with Crippen LogP contribution in [0.1, 0.15) is 42.3 Å². The predicted octanol–water partition coefficient (Wildman–Crippen LogP) is 3.61. The molecule has 29 heavy (non-hydrogen) atoms. The molecule has 0 saturated carbocycles. The van der Waals surface area contributed by atoms with Crippen molar-refractivity contribution >= 4 is 17.5 Å². The highest BCUT2D eigenvalue weighted by Gasteiger charge is 2.20. The van der Waals surface area contributed by atoms with Gasteiger partial charge in [-0.15, -0.1) is 0 Å². The lowest BCUT2D eigenvalue weighted by atomic mass is 10.0. The fourth-order valence-corrected chi connectivity index (χ4v) is 3.43. The average molecular weight is 399 g/mol. The van der Waals surface area contributed by atoms with Crippen LogP contribution in [0.2, 0.25) is 0 Å². The molecule has 0 aliphatic rings. The Labute approximate surface area is 172 Å². The van der Waals surface area contributed by atoms with Gasteiger partial charge in [0.25, 0.3) is 5.91 Å². The van der Waals surface area contributed by atoms with Gasteiger partial charge < -0.3 is 19.7 Å². The maximum atomic E-state index is 12.8. The Kier molecular flexibility index (Phi) is 8.07. The molecule has 0 aliphatic heterocycles. The Balaban J connectivity index is 2.20. The van der Waals surface area contributed by atoms with E-state index in [2.05, 4.69) is 19.2 Å². The first-order valence-electron chi connectivity index (χ1n) is 9.86. The molecular formula is C23H30N2O4. The third kappa shape index (κ3) is 5.08. The van der Waals surface area contributed by atoms with Crippen molar-refractivity contribution < 1.29 is 19.1 Å². The van der Waals surface area contributed by atoms with Crippen molar-refractivity contribution in [2.24, 2.45) is 0 Å². The zero-order valence-corrected chi connectivity index (χ0v) is 17.9. The van der Waals surface area contributed by atoms with Crippen molar-refractivity contribution in [3.8, 4) is 11.5 Å². The number of carbonyl (C=O) groups excluding carboxylic acids is 2. The van der Waals surface area contributed by atoms with Crippen LogP contribution in [0.15, 0.2) is 36.4 Å². The molecule has 0 heterocycles. The third-order valence-electron chi connectivity index (χ3n) is 4.89. The Bertz CT molecular complexity index is 819. The van der Waals surface area contributed by atoms with Crippen molar-refractivity contribution in [2.45, 2.75) is 33.6 Å². The van der Waals surface area contributed by atoms with E-state index in [1.54, 1.807) is 30.0 Å². The van der Waals surface area contributed by atoms with Crippen molar-refractivity contribution in [1.29, 1.82) is 0 Å². The van der Waals surface area contributed by atoms with Crippen LogP contribution in [0.3, 0.4) is 0 Å². The molecule has 0 radical (unpaired) electrons. The molecule has 6 heteroatoms. The zero-order chi connectivity index (χ0) is 21.4. The summed E-state index contributed by atoms with van der Waals surface area (Å²) in [5.41, 5.74) is 3.54. The number of hydrogen-bond donors (Lipinski definition) is 1. The largest absolute Gasteiger partial charge is 0.496 e. The Morgan fingerprint density at radius 3 is 1.90 bits per heavy atom. The number of benzene rings is 2. The standard InChI is InChI=1S/C23H30N2O4/c1-6-17-10-8-11-18(7-2)22(17)25(16(3)26)15-14-24-23(27)21-19(28-4)12-9-13-20(21)29-5/h8-13H,6-7,14-15H2,1-5H3,(H,24,27). The van der Waals surface area contributed by atoms with Gasteiger partial charge in [-0.05, 0) is 36.1 Å². The van der Waals surface area contributed by atoms with E-state index >= 15 is 0 Å². The lowest BCUT2D eigenvalue weighted by Gasteiger charge is -2.26. The number of nitrogens with zero attached hydrogens (tertiary/aromatic N) is 1. The van der Waals surface area contributed by atoms with Gasteiger partial charge >= 0.3 is 0 Å². The van der Waals surface area contributed by atoms with Gasteiger partial charge in [0.05, 0.1) is 19.9 Å². The highest BCUT2D eigenvalue weighted by Crippen LogP contribution is 2.29. The quantitative estimate of drug-likeness (QED) is 0.701. The van der Waals surface area contributed by atoms with E-state index in [4.69, 9.17) is 9.47 Å². The molecule has 2 aromatic rings. The maximum Gasteiger partial charge on any atom is 0.258 e. The van der Waals surface area contributed by atoms with Crippen LogP contribution in [0, 0.1) is 0 Å². The van der Waals surface area contributed by atoms with Crippen LogP contribution in [0.25, 0.3) is 0 Å². The number of para-hydroxylation sites is 1. The van der Waals surface area contributed by atoms with E-state index in [-0.39, 0.29) is 11.8 Å². The molecule has 2 aromatic carbocycles. The number of methoxy groups -OCH3 is 2. The van der Waals surface area contributed by atoms with Crippen molar-refractivity contribution in [3.05, 3.63) is 53.1 Å². The average Bonchev–Trinajstić information content (AvgIpc) is 2.75. The summed E-state index contributed by atoms with van der Waals surface area (Å²) in [6.45, 7) is 6.39. The van der Waals surface area contributed by atoms with Crippen LogP contribution < -0.4 is 19.7 Å². The normalized spacial score (nSPS) is 10.4. The van der Waals surface area contributed by atoms with E-state index < -0.39 is 0 Å². The number of nitrogens with one attached hydrogen (secondary N) is 1. The molecule has 2 amide bonds. The third-order valence-corrected chi connectivity index (χ3v) is 4.89. The van der Waals surface area contributed by atoms with E-state index in [0.29, 0.717) is 30.2 Å². The molecule has 6 nitrogen and oxygen atoms in total. The van der Waals surface area contributed by atoms with Gasteiger partial charge in [0.2, 0.25) is 5.91 Å². The second kappa shape index (κ2) is 10.5. The van der Waals surface area contributed by atoms with Crippen LogP contribution in [-0.2, 0) is 17.6 Å². The number of ether oxygens (including phenoxy) is 2. The van der Waals surface area contributed by atoms with Crippen LogP contribution >= 0.6 is 0 Å². The first-order chi connectivity index (χ1) is 14.0. The molecule has 0 unspecified atom stereocenters. The molecular weight excluding hydrogens is 368 g/mol.